The highest BCUT2D eigenvalue weighted by Crippen LogP contribution is 2.16. The van der Waals surface area contributed by atoms with Crippen LogP contribution in [0.25, 0.3) is 0 Å². The molecule has 0 saturated heterocycles. The van der Waals surface area contributed by atoms with Gasteiger partial charge in [0.25, 0.3) is 11.8 Å². The molecule has 0 aromatic heterocycles. The maximum Gasteiger partial charge on any atom is 0.255 e. The van der Waals surface area contributed by atoms with Crippen LogP contribution in [0.15, 0.2) is 72.8 Å². The molecular formula is C21H18N2O3. The molecule has 5 heteroatoms. The first-order chi connectivity index (χ1) is 12.5. The van der Waals surface area contributed by atoms with E-state index in [0.717, 1.165) is 11.3 Å². The summed E-state index contributed by atoms with van der Waals surface area (Å²) in [5.74, 6) is -0.396. The molecule has 3 rings (SSSR count). The molecule has 0 spiro atoms. The molecule has 0 radical (unpaired) electrons. The molecule has 0 bridgehead atoms. The molecule has 0 unspecified atom stereocenters. The quantitative estimate of drug-likeness (QED) is 0.619. The molecule has 0 heterocycles. The van der Waals surface area contributed by atoms with Crippen LogP contribution in [-0.2, 0) is 0 Å². The molecule has 0 aliphatic heterocycles. The summed E-state index contributed by atoms with van der Waals surface area (Å²) in [5.41, 5.74) is 3.31. The first-order valence-corrected chi connectivity index (χ1v) is 8.10. The standard InChI is InChI=1S/C21H18N2O3/c1-14-2-8-17(9-3-14)22-20(25)15-4-6-16(7-5-15)21(26)23-18-10-12-19(24)13-11-18/h2-13,24H,1H3,(H,22,25)(H,23,26). The van der Waals surface area contributed by atoms with E-state index in [0.29, 0.717) is 16.8 Å². The predicted molar refractivity (Wildman–Crippen MR) is 102 cm³/mol. The van der Waals surface area contributed by atoms with Crippen LogP contribution in [0.4, 0.5) is 11.4 Å². The van der Waals surface area contributed by atoms with E-state index in [1.54, 1.807) is 36.4 Å². The Hall–Kier alpha value is -3.60. The van der Waals surface area contributed by atoms with Gasteiger partial charge in [-0.2, -0.15) is 0 Å². The summed E-state index contributed by atoms with van der Waals surface area (Å²) in [6, 6.07) is 20.1. The largest absolute Gasteiger partial charge is 0.508 e. The van der Waals surface area contributed by atoms with Crippen LogP contribution < -0.4 is 10.6 Å². The highest BCUT2D eigenvalue weighted by molar-refractivity contribution is 6.07. The topological polar surface area (TPSA) is 78.4 Å². The number of hydrogen-bond donors (Lipinski definition) is 3. The highest BCUT2D eigenvalue weighted by atomic mass is 16.3. The molecule has 3 aromatic rings. The second kappa shape index (κ2) is 7.53. The van der Waals surface area contributed by atoms with Crippen LogP contribution >= 0.6 is 0 Å². The first-order valence-electron chi connectivity index (χ1n) is 8.10. The van der Waals surface area contributed by atoms with E-state index in [1.165, 1.54) is 12.1 Å². The van der Waals surface area contributed by atoms with Gasteiger partial charge in [0.1, 0.15) is 5.75 Å². The number of carbonyl (C=O) groups is 2. The van der Waals surface area contributed by atoms with Crippen molar-refractivity contribution >= 4 is 23.2 Å². The average Bonchev–Trinajstić information content (AvgIpc) is 2.65. The summed E-state index contributed by atoms with van der Waals surface area (Å²) in [6.07, 6.45) is 0. The van der Waals surface area contributed by atoms with Gasteiger partial charge in [-0.3, -0.25) is 9.59 Å². The maximum atomic E-state index is 12.3. The summed E-state index contributed by atoms with van der Waals surface area (Å²) < 4.78 is 0. The predicted octanol–water partition coefficient (Wildman–Crippen LogP) is 4.21. The number of carbonyl (C=O) groups excluding carboxylic acids is 2. The second-order valence-corrected chi connectivity index (χ2v) is 5.90. The number of rotatable bonds is 4. The van der Waals surface area contributed by atoms with E-state index >= 15 is 0 Å². The third kappa shape index (κ3) is 4.27. The van der Waals surface area contributed by atoms with Crippen molar-refractivity contribution in [1.82, 2.24) is 0 Å². The lowest BCUT2D eigenvalue weighted by atomic mass is 10.1. The van der Waals surface area contributed by atoms with Gasteiger partial charge in [-0.05, 0) is 67.6 Å². The number of hydrogen-bond acceptors (Lipinski definition) is 3. The monoisotopic (exact) mass is 346 g/mol. The Labute approximate surface area is 151 Å². The second-order valence-electron chi connectivity index (χ2n) is 5.90. The van der Waals surface area contributed by atoms with Crippen molar-refractivity contribution in [3.8, 4) is 5.75 Å². The van der Waals surface area contributed by atoms with Gasteiger partial charge >= 0.3 is 0 Å². The van der Waals surface area contributed by atoms with Gasteiger partial charge in [0.05, 0.1) is 0 Å². The molecule has 5 nitrogen and oxygen atoms in total. The molecule has 26 heavy (non-hydrogen) atoms. The summed E-state index contributed by atoms with van der Waals surface area (Å²) >= 11 is 0. The van der Waals surface area contributed by atoms with Gasteiger partial charge in [0, 0.05) is 22.5 Å². The molecule has 2 amide bonds. The smallest absolute Gasteiger partial charge is 0.255 e. The van der Waals surface area contributed by atoms with Crippen LogP contribution in [0.1, 0.15) is 26.3 Å². The average molecular weight is 346 g/mol. The van der Waals surface area contributed by atoms with Crippen molar-refractivity contribution in [2.24, 2.45) is 0 Å². The van der Waals surface area contributed by atoms with Gasteiger partial charge in [0.2, 0.25) is 0 Å². The van der Waals surface area contributed by atoms with Gasteiger partial charge in [-0.25, -0.2) is 0 Å². The zero-order valence-corrected chi connectivity index (χ0v) is 14.2. The van der Waals surface area contributed by atoms with Crippen LogP contribution in [0.2, 0.25) is 0 Å². The van der Waals surface area contributed by atoms with Crippen LogP contribution in [-0.4, -0.2) is 16.9 Å². The van der Waals surface area contributed by atoms with E-state index in [2.05, 4.69) is 10.6 Å². The number of phenols is 1. The summed E-state index contributed by atoms with van der Waals surface area (Å²) in [7, 11) is 0. The normalized spacial score (nSPS) is 10.2. The first kappa shape index (κ1) is 17.2. The number of anilines is 2. The Balaban J connectivity index is 1.65. The minimum Gasteiger partial charge on any atom is -0.508 e. The molecule has 130 valence electrons. The third-order valence-electron chi connectivity index (χ3n) is 3.84. The fourth-order valence-corrected chi connectivity index (χ4v) is 2.36. The SMILES string of the molecule is Cc1ccc(NC(=O)c2ccc(C(=O)Nc3ccc(O)cc3)cc2)cc1. The van der Waals surface area contributed by atoms with E-state index in [9.17, 15) is 14.7 Å². The Morgan fingerprint density at radius 3 is 1.46 bits per heavy atom. The van der Waals surface area contributed by atoms with E-state index in [1.807, 2.05) is 31.2 Å². The Morgan fingerprint density at radius 1 is 0.654 bits per heavy atom. The van der Waals surface area contributed by atoms with E-state index in [4.69, 9.17) is 0 Å². The highest BCUT2D eigenvalue weighted by Gasteiger charge is 2.10. The van der Waals surface area contributed by atoms with Crippen LogP contribution in [0.3, 0.4) is 0 Å². The maximum absolute atomic E-state index is 12.3. The van der Waals surface area contributed by atoms with Gasteiger partial charge in [-0.15, -0.1) is 0 Å². The molecule has 0 atom stereocenters. The minimum absolute atomic E-state index is 0.131. The number of aryl methyl sites for hydroxylation is 1. The minimum atomic E-state index is -0.291. The summed E-state index contributed by atoms with van der Waals surface area (Å²) in [6.45, 7) is 1.98. The van der Waals surface area contributed by atoms with Gasteiger partial charge < -0.3 is 15.7 Å². The lowest BCUT2D eigenvalue weighted by Crippen LogP contribution is -2.14. The molecule has 0 aliphatic rings. The number of nitrogens with one attached hydrogen (secondary N) is 2. The zero-order chi connectivity index (χ0) is 18.5. The van der Waals surface area contributed by atoms with E-state index < -0.39 is 0 Å². The van der Waals surface area contributed by atoms with Gasteiger partial charge in [-0.1, -0.05) is 17.7 Å². The van der Waals surface area contributed by atoms with Crippen LogP contribution in [0.5, 0.6) is 5.75 Å². The molecule has 0 fully saturated rings. The number of phenolic OH excluding ortho intramolecular Hbond substituents is 1. The Kier molecular flexibility index (Phi) is 4.99. The van der Waals surface area contributed by atoms with Crippen molar-refractivity contribution < 1.29 is 14.7 Å². The van der Waals surface area contributed by atoms with Crippen molar-refractivity contribution in [2.45, 2.75) is 6.92 Å². The summed E-state index contributed by atoms with van der Waals surface area (Å²) in [4.78, 5) is 24.5. The Bertz CT molecular complexity index is 836. The number of aromatic hydroxyl groups is 1. The number of benzene rings is 3. The van der Waals surface area contributed by atoms with Crippen molar-refractivity contribution in [3.05, 3.63) is 89.5 Å². The van der Waals surface area contributed by atoms with E-state index in [-0.39, 0.29) is 17.6 Å². The molecule has 0 aliphatic carbocycles. The fourth-order valence-electron chi connectivity index (χ4n) is 2.36. The van der Waals surface area contributed by atoms with Crippen molar-refractivity contribution in [1.29, 1.82) is 0 Å². The molecule has 3 aromatic carbocycles. The molecular weight excluding hydrogens is 328 g/mol. The lowest BCUT2D eigenvalue weighted by Gasteiger charge is -2.08. The fraction of sp³-hybridized carbons (Fsp3) is 0.0476. The van der Waals surface area contributed by atoms with Crippen LogP contribution in [0, 0.1) is 6.92 Å². The summed E-state index contributed by atoms with van der Waals surface area (Å²) in [5, 5.41) is 14.8. The van der Waals surface area contributed by atoms with Crippen molar-refractivity contribution in [3.63, 3.8) is 0 Å². The number of amides is 2. The molecule has 0 saturated carbocycles. The third-order valence-corrected chi connectivity index (χ3v) is 3.84. The van der Waals surface area contributed by atoms with Crippen molar-refractivity contribution in [2.75, 3.05) is 10.6 Å². The molecule has 3 N–H and O–H groups in total. The zero-order valence-electron chi connectivity index (χ0n) is 14.2. The van der Waals surface area contributed by atoms with Gasteiger partial charge in [0.15, 0.2) is 0 Å². The Morgan fingerprint density at radius 2 is 1.04 bits per heavy atom. The lowest BCUT2D eigenvalue weighted by molar-refractivity contribution is 0.101.